The van der Waals surface area contributed by atoms with Crippen LogP contribution in [0.3, 0.4) is 0 Å². The molecule has 0 bridgehead atoms. The van der Waals surface area contributed by atoms with E-state index in [4.69, 9.17) is 16.3 Å². The number of halogens is 1. The number of rotatable bonds is 8. The highest BCUT2D eigenvalue weighted by Gasteiger charge is 2.29. The fraction of sp³-hybridized carbons (Fsp3) is 0.400. The van der Waals surface area contributed by atoms with Crippen molar-refractivity contribution in [3.8, 4) is 5.75 Å². The number of nitro groups is 1. The molecule has 0 fully saturated rings. The van der Waals surface area contributed by atoms with Crippen LogP contribution in [0.5, 0.6) is 5.75 Å². The number of benzene rings is 1. The van der Waals surface area contributed by atoms with Gasteiger partial charge in [0, 0.05) is 31.3 Å². The van der Waals surface area contributed by atoms with Crippen LogP contribution in [0.4, 0.5) is 5.69 Å². The highest BCUT2D eigenvalue weighted by molar-refractivity contribution is 6.76. The van der Waals surface area contributed by atoms with E-state index in [1.54, 1.807) is 23.9 Å². The summed E-state index contributed by atoms with van der Waals surface area (Å²) in [6.45, 7) is 9.32. The fourth-order valence-electron chi connectivity index (χ4n) is 3.37. The third kappa shape index (κ3) is 4.81. The lowest BCUT2D eigenvalue weighted by Gasteiger charge is -2.20. The van der Waals surface area contributed by atoms with Gasteiger partial charge < -0.3 is 9.84 Å². The van der Waals surface area contributed by atoms with Gasteiger partial charge in [-0.05, 0) is 37.2 Å². The van der Waals surface area contributed by atoms with Crippen LogP contribution in [-0.2, 0) is 11.5 Å². The molecule has 3 aromatic rings. The summed E-state index contributed by atoms with van der Waals surface area (Å²) in [5, 5.41) is 26.6. The number of pyridine rings is 1. The second-order valence-corrected chi connectivity index (χ2v) is 14.6. The maximum atomic E-state index is 13.0. The molecule has 2 aromatic heterocycles. The number of fused-ring (bicyclic) bond motifs is 1. The highest BCUT2D eigenvalue weighted by atomic mass is 35.5. The molecule has 0 aliphatic rings. The van der Waals surface area contributed by atoms with Gasteiger partial charge >= 0.3 is 11.2 Å². The third-order valence-electron chi connectivity index (χ3n) is 5.08. The number of aromatic nitrogens is 3. The summed E-state index contributed by atoms with van der Waals surface area (Å²) in [6, 6.07) is 6.57. The minimum atomic E-state index is -1.23. The molecule has 1 unspecified atom stereocenters. The van der Waals surface area contributed by atoms with Crippen molar-refractivity contribution < 1.29 is 14.8 Å². The molecular formula is C20H25ClN4O5Si. The van der Waals surface area contributed by atoms with Crippen molar-refractivity contribution in [1.82, 2.24) is 14.3 Å². The topological polar surface area (TPSA) is 112 Å². The lowest BCUT2D eigenvalue weighted by molar-refractivity contribution is -0.387. The Morgan fingerprint density at radius 3 is 2.68 bits per heavy atom. The number of hydrogen-bond acceptors (Lipinski definition) is 6. The Hall–Kier alpha value is -2.69. The van der Waals surface area contributed by atoms with Crippen LogP contribution in [0.25, 0.3) is 10.9 Å². The minimum absolute atomic E-state index is 0.167. The first-order valence-corrected chi connectivity index (χ1v) is 13.9. The molecule has 0 saturated heterocycles. The van der Waals surface area contributed by atoms with Crippen LogP contribution in [0.15, 0.2) is 35.3 Å². The molecule has 0 amide bonds. The predicted octanol–water partition coefficient (Wildman–Crippen LogP) is 4.39. The van der Waals surface area contributed by atoms with Crippen LogP contribution in [0.1, 0.15) is 18.7 Å². The van der Waals surface area contributed by atoms with Gasteiger partial charge in [-0.1, -0.05) is 31.2 Å². The largest absolute Gasteiger partial charge is 0.501 e. The maximum Gasteiger partial charge on any atom is 0.375 e. The minimum Gasteiger partial charge on any atom is -0.501 e. The predicted molar refractivity (Wildman–Crippen MR) is 122 cm³/mol. The average molecular weight is 465 g/mol. The summed E-state index contributed by atoms with van der Waals surface area (Å²) in [5.74, 6) is -0.673. The van der Waals surface area contributed by atoms with Crippen molar-refractivity contribution in [3.05, 3.63) is 61.6 Å². The molecule has 3 rings (SSSR count). The Bertz CT molecular complexity index is 1180. The second-order valence-electron chi connectivity index (χ2n) is 8.57. The molecule has 0 aliphatic heterocycles. The first-order chi connectivity index (χ1) is 14.5. The molecule has 0 radical (unpaired) electrons. The molecule has 1 atom stereocenters. The number of ether oxygens (including phenoxy) is 1. The van der Waals surface area contributed by atoms with Crippen LogP contribution in [-0.4, -0.2) is 39.1 Å². The van der Waals surface area contributed by atoms with E-state index < -0.39 is 36.0 Å². The van der Waals surface area contributed by atoms with Crippen molar-refractivity contribution in [2.45, 2.75) is 45.4 Å². The molecule has 166 valence electrons. The SMILES string of the molecule is CC(c1ccnn1COCC[Si](C)(C)C)n1c(=O)c([N+](=O)[O-])c(O)c2ccc(Cl)cc21. The summed E-state index contributed by atoms with van der Waals surface area (Å²) in [6.07, 6.45) is 1.59. The Kier molecular flexibility index (Phi) is 6.53. The van der Waals surface area contributed by atoms with Crippen molar-refractivity contribution in [2.75, 3.05) is 6.61 Å². The highest BCUT2D eigenvalue weighted by Crippen LogP contribution is 2.34. The first kappa shape index (κ1) is 23.0. The van der Waals surface area contributed by atoms with Gasteiger partial charge in [-0.15, -0.1) is 0 Å². The van der Waals surface area contributed by atoms with E-state index >= 15 is 0 Å². The van der Waals surface area contributed by atoms with Gasteiger partial charge in [-0.2, -0.15) is 5.10 Å². The number of nitrogens with zero attached hydrogens (tertiary/aromatic N) is 4. The molecule has 1 N–H and O–H groups in total. The molecule has 31 heavy (non-hydrogen) atoms. The van der Waals surface area contributed by atoms with Gasteiger partial charge in [0.15, 0.2) is 0 Å². The Balaban J connectivity index is 2.05. The monoisotopic (exact) mass is 464 g/mol. The molecule has 1 aromatic carbocycles. The van der Waals surface area contributed by atoms with E-state index in [-0.39, 0.29) is 12.1 Å². The van der Waals surface area contributed by atoms with E-state index in [2.05, 4.69) is 24.7 Å². The number of hydrogen-bond donors (Lipinski definition) is 1. The van der Waals surface area contributed by atoms with Gasteiger partial charge in [0.25, 0.3) is 0 Å². The second kappa shape index (κ2) is 8.81. The summed E-state index contributed by atoms with van der Waals surface area (Å²) in [7, 11) is -1.23. The van der Waals surface area contributed by atoms with Crippen molar-refractivity contribution >= 4 is 36.3 Å². The van der Waals surface area contributed by atoms with Crippen molar-refractivity contribution in [1.29, 1.82) is 0 Å². The van der Waals surface area contributed by atoms with Crippen LogP contribution < -0.4 is 5.56 Å². The zero-order valence-electron chi connectivity index (χ0n) is 17.8. The Morgan fingerprint density at radius 1 is 1.32 bits per heavy atom. The molecule has 2 heterocycles. The van der Waals surface area contributed by atoms with Gasteiger partial charge in [0.2, 0.25) is 5.75 Å². The average Bonchev–Trinajstić information content (AvgIpc) is 3.12. The number of aromatic hydroxyl groups is 1. The molecule has 11 heteroatoms. The third-order valence-corrected chi connectivity index (χ3v) is 7.02. The summed E-state index contributed by atoms with van der Waals surface area (Å²) in [4.78, 5) is 23.7. The van der Waals surface area contributed by atoms with E-state index in [9.17, 15) is 20.0 Å². The van der Waals surface area contributed by atoms with Gasteiger partial charge in [-0.3, -0.25) is 19.5 Å². The first-order valence-electron chi connectivity index (χ1n) is 9.82. The molecule has 0 aliphatic carbocycles. The lowest BCUT2D eigenvalue weighted by Crippen LogP contribution is -2.28. The zero-order chi connectivity index (χ0) is 22.9. The quantitative estimate of drug-likeness (QED) is 0.229. The smallest absolute Gasteiger partial charge is 0.375 e. The fourth-order valence-corrected chi connectivity index (χ4v) is 4.30. The molecule has 0 spiro atoms. The maximum absolute atomic E-state index is 13.0. The van der Waals surface area contributed by atoms with E-state index in [1.807, 2.05) is 0 Å². The van der Waals surface area contributed by atoms with E-state index in [0.717, 1.165) is 6.04 Å². The zero-order valence-corrected chi connectivity index (χ0v) is 19.6. The normalized spacial score (nSPS) is 12.9. The summed E-state index contributed by atoms with van der Waals surface area (Å²) in [5.41, 5.74) is -0.867. The summed E-state index contributed by atoms with van der Waals surface area (Å²) < 4.78 is 8.66. The molecular weight excluding hydrogens is 440 g/mol. The molecule has 9 nitrogen and oxygen atoms in total. The van der Waals surface area contributed by atoms with Crippen LogP contribution >= 0.6 is 11.6 Å². The molecule has 0 saturated carbocycles. The van der Waals surface area contributed by atoms with E-state index in [0.29, 0.717) is 22.8 Å². The van der Waals surface area contributed by atoms with Gasteiger partial charge in [0.05, 0.1) is 22.2 Å². The van der Waals surface area contributed by atoms with Crippen molar-refractivity contribution in [2.24, 2.45) is 0 Å². The Labute approximate surface area is 185 Å². The van der Waals surface area contributed by atoms with Crippen molar-refractivity contribution in [3.63, 3.8) is 0 Å². The van der Waals surface area contributed by atoms with Gasteiger partial charge in [-0.25, -0.2) is 4.68 Å². The Morgan fingerprint density at radius 2 is 2.03 bits per heavy atom. The summed E-state index contributed by atoms with van der Waals surface area (Å²) >= 11 is 6.11. The van der Waals surface area contributed by atoms with Gasteiger partial charge in [0.1, 0.15) is 6.73 Å². The van der Waals surface area contributed by atoms with Crippen LogP contribution in [0.2, 0.25) is 30.7 Å². The van der Waals surface area contributed by atoms with Crippen LogP contribution in [0, 0.1) is 10.1 Å². The standard InChI is InChI=1S/C20H25ClN4O5Si/c1-13(16-7-8-22-23(16)12-30-9-10-31(2,3)4)24-17-11-14(21)5-6-15(17)19(26)18(20(24)27)25(28)29/h5-8,11,13,26H,9-10,12H2,1-4H3. The van der Waals surface area contributed by atoms with E-state index in [1.165, 1.54) is 22.8 Å². The lowest BCUT2D eigenvalue weighted by atomic mass is 10.1.